The molecule has 1 aliphatic heterocycles. The summed E-state index contributed by atoms with van der Waals surface area (Å²) in [6.45, 7) is -0.185. The van der Waals surface area contributed by atoms with Gasteiger partial charge >= 0.3 is 0 Å². The Labute approximate surface area is 89.0 Å². The third-order valence-electron chi connectivity index (χ3n) is 2.49. The molecule has 0 spiro atoms. The molecule has 3 N–H and O–H groups in total. The molecule has 0 aromatic carbocycles. The smallest absolute Gasteiger partial charge is 0.236 e. The fraction of sp³-hybridized carbons (Fsp3) is 0.875. The first-order chi connectivity index (χ1) is 7.00. The predicted octanol–water partition coefficient (Wildman–Crippen LogP) is -2.05. The highest BCUT2D eigenvalue weighted by Gasteiger charge is 2.33. The summed E-state index contributed by atoms with van der Waals surface area (Å²) in [5.41, 5.74) is 5.22. The monoisotopic (exact) mass is 236 g/mol. The first-order valence-corrected chi connectivity index (χ1v) is 6.63. The Morgan fingerprint density at radius 1 is 1.53 bits per heavy atom. The van der Waals surface area contributed by atoms with E-state index in [1.165, 1.54) is 4.90 Å². The summed E-state index contributed by atoms with van der Waals surface area (Å²) in [7, 11) is -3.02. The molecule has 0 radical (unpaired) electrons. The number of carbonyl (C=O) groups is 1. The van der Waals surface area contributed by atoms with E-state index >= 15 is 0 Å². The zero-order chi connectivity index (χ0) is 11.5. The van der Waals surface area contributed by atoms with Crippen LogP contribution in [0.25, 0.3) is 0 Å². The molecule has 0 bridgehead atoms. The molecule has 1 aliphatic rings. The molecule has 0 aromatic heterocycles. The number of amides is 1. The van der Waals surface area contributed by atoms with Gasteiger partial charge in [-0.25, -0.2) is 8.42 Å². The van der Waals surface area contributed by atoms with Gasteiger partial charge in [-0.1, -0.05) is 0 Å². The van der Waals surface area contributed by atoms with Gasteiger partial charge in [0.2, 0.25) is 5.91 Å². The Morgan fingerprint density at radius 2 is 2.20 bits per heavy atom. The number of nitrogens with zero attached hydrogens (tertiary/aromatic N) is 1. The number of hydrogen-bond donors (Lipinski definition) is 2. The van der Waals surface area contributed by atoms with Crippen molar-refractivity contribution >= 4 is 15.7 Å². The van der Waals surface area contributed by atoms with E-state index in [2.05, 4.69) is 0 Å². The van der Waals surface area contributed by atoms with Crippen LogP contribution in [-0.4, -0.2) is 61.6 Å². The molecular weight excluding hydrogens is 220 g/mol. The average Bonchev–Trinajstić information content (AvgIpc) is 2.54. The van der Waals surface area contributed by atoms with Crippen LogP contribution in [0, 0.1) is 0 Å². The summed E-state index contributed by atoms with van der Waals surface area (Å²) in [5.74, 6) is -0.220. The summed E-state index contributed by atoms with van der Waals surface area (Å²) in [5, 5.41) is 8.79. The SMILES string of the molecule is NCC(=O)N(CCO)C1CCS(=O)(=O)C1. The van der Waals surface area contributed by atoms with Crippen LogP contribution in [0.15, 0.2) is 0 Å². The Morgan fingerprint density at radius 3 is 2.60 bits per heavy atom. The Bertz CT molecular complexity index is 328. The first-order valence-electron chi connectivity index (χ1n) is 4.81. The maximum absolute atomic E-state index is 11.4. The van der Waals surface area contributed by atoms with E-state index in [-0.39, 0.29) is 43.2 Å². The van der Waals surface area contributed by atoms with E-state index < -0.39 is 9.84 Å². The third kappa shape index (κ3) is 3.15. The highest BCUT2D eigenvalue weighted by atomic mass is 32.2. The van der Waals surface area contributed by atoms with Crippen LogP contribution >= 0.6 is 0 Å². The molecule has 0 aliphatic carbocycles. The first kappa shape index (κ1) is 12.4. The minimum absolute atomic E-state index is 0.0151. The molecule has 7 heteroatoms. The average molecular weight is 236 g/mol. The highest BCUT2D eigenvalue weighted by Crippen LogP contribution is 2.17. The Hall–Kier alpha value is -0.660. The number of aliphatic hydroxyl groups is 1. The summed E-state index contributed by atoms with van der Waals surface area (Å²) in [6, 6.07) is -0.321. The van der Waals surface area contributed by atoms with E-state index in [0.717, 1.165) is 0 Å². The van der Waals surface area contributed by atoms with Crippen LogP contribution in [0.2, 0.25) is 0 Å². The fourth-order valence-electron chi connectivity index (χ4n) is 1.76. The molecule has 6 nitrogen and oxygen atoms in total. The molecule has 1 saturated heterocycles. The minimum Gasteiger partial charge on any atom is -0.395 e. The molecule has 1 amide bonds. The molecule has 1 unspecified atom stereocenters. The molecular formula is C8H16N2O4S. The van der Waals surface area contributed by atoms with Crippen LogP contribution in [-0.2, 0) is 14.6 Å². The highest BCUT2D eigenvalue weighted by molar-refractivity contribution is 7.91. The minimum atomic E-state index is -3.02. The van der Waals surface area contributed by atoms with Gasteiger partial charge in [0.25, 0.3) is 0 Å². The topological polar surface area (TPSA) is 101 Å². The van der Waals surface area contributed by atoms with Gasteiger partial charge in [0.1, 0.15) is 0 Å². The Kier molecular flexibility index (Phi) is 4.06. The van der Waals surface area contributed by atoms with Gasteiger partial charge in [0.15, 0.2) is 9.84 Å². The number of rotatable bonds is 4. The van der Waals surface area contributed by atoms with Crippen molar-refractivity contribution < 1.29 is 18.3 Å². The molecule has 88 valence electrons. The van der Waals surface area contributed by atoms with Crippen molar-refractivity contribution in [2.75, 3.05) is 31.2 Å². The third-order valence-corrected chi connectivity index (χ3v) is 4.24. The van der Waals surface area contributed by atoms with Gasteiger partial charge in [-0.15, -0.1) is 0 Å². The summed E-state index contributed by atoms with van der Waals surface area (Å²) >= 11 is 0. The number of aliphatic hydroxyl groups excluding tert-OH is 1. The maximum Gasteiger partial charge on any atom is 0.236 e. The van der Waals surface area contributed by atoms with Gasteiger partial charge in [-0.2, -0.15) is 0 Å². The van der Waals surface area contributed by atoms with Crippen molar-refractivity contribution in [1.29, 1.82) is 0 Å². The predicted molar refractivity (Wildman–Crippen MR) is 54.9 cm³/mol. The van der Waals surface area contributed by atoms with Crippen LogP contribution in [0.4, 0.5) is 0 Å². The zero-order valence-electron chi connectivity index (χ0n) is 8.42. The molecule has 0 aromatic rings. The van der Waals surface area contributed by atoms with Crippen LogP contribution in [0.1, 0.15) is 6.42 Å². The second-order valence-corrected chi connectivity index (χ2v) is 5.80. The molecule has 15 heavy (non-hydrogen) atoms. The van der Waals surface area contributed by atoms with Gasteiger partial charge in [0.05, 0.1) is 24.7 Å². The number of hydrogen-bond acceptors (Lipinski definition) is 5. The fourth-order valence-corrected chi connectivity index (χ4v) is 3.49. The van der Waals surface area contributed by atoms with Crippen molar-refractivity contribution in [3.63, 3.8) is 0 Å². The van der Waals surface area contributed by atoms with Crippen LogP contribution in [0.5, 0.6) is 0 Å². The maximum atomic E-state index is 11.4. The van der Waals surface area contributed by atoms with Crippen molar-refractivity contribution in [2.24, 2.45) is 5.73 Å². The van der Waals surface area contributed by atoms with E-state index in [0.29, 0.717) is 6.42 Å². The van der Waals surface area contributed by atoms with Crippen LogP contribution < -0.4 is 5.73 Å². The Balaban J connectivity index is 2.69. The second-order valence-electron chi connectivity index (χ2n) is 3.57. The lowest BCUT2D eigenvalue weighted by Crippen LogP contribution is -2.45. The van der Waals surface area contributed by atoms with Crippen molar-refractivity contribution in [2.45, 2.75) is 12.5 Å². The van der Waals surface area contributed by atoms with Crippen molar-refractivity contribution in [1.82, 2.24) is 4.90 Å². The van der Waals surface area contributed by atoms with Crippen molar-refractivity contribution in [3.05, 3.63) is 0 Å². The normalized spacial score (nSPS) is 24.0. The summed E-state index contributed by atoms with van der Waals surface area (Å²) in [4.78, 5) is 12.8. The van der Waals surface area contributed by atoms with E-state index in [1.54, 1.807) is 0 Å². The van der Waals surface area contributed by atoms with Gasteiger partial charge in [-0.3, -0.25) is 4.79 Å². The lowest BCUT2D eigenvalue weighted by molar-refractivity contribution is -0.132. The molecule has 1 atom stereocenters. The summed E-state index contributed by atoms with van der Waals surface area (Å²) in [6.07, 6.45) is 0.439. The molecule has 1 heterocycles. The van der Waals surface area contributed by atoms with Crippen molar-refractivity contribution in [3.8, 4) is 0 Å². The number of nitrogens with two attached hydrogens (primary N) is 1. The molecule has 0 saturated carbocycles. The molecule has 1 fully saturated rings. The lowest BCUT2D eigenvalue weighted by atomic mass is 10.2. The van der Waals surface area contributed by atoms with E-state index in [1.807, 2.05) is 0 Å². The van der Waals surface area contributed by atoms with Gasteiger partial charge in [0, 0.05) is 12.6 Å². The zero-order valence-corrected chi connectivity index (χ0v) is 9.24. The van der Waals surface area contributed by atoms with Gasteiger partial charge < -0.3 is 15.7 Å². The molecule has 1 rings (SSSR count). The lowest BCUT2D eigenvalue weighted by Gasteiger charge is -2.26. The standard InChI is InChI=1S/C8H16N2O4S/c9-5-8(12)10(2-3-11)7-1-4-15(13,14)6-7/h7,11H,1-6,9H2. The van der Waals surface area contributed by atoms with E-state index in [4.69, 9.17) is 10.8 Å². The van der Waals surface area contributed by atoms with E-state index in [9.17, 15) is 13.2 Å². The largest absolute Gasteiger partial charge is 0.395 e. The number of carbonyl (C=O) groups excluding carboxylic acids is 1. The second kappa shape index (κ2) is 4.91. The number of sulfone groups is 1. The summed E-state index contributed by atoms with van der Waals surface area (Å²) < 4.78 is 22.5. The van der Waals surface area contributed by atoms with Gasteiger partial charge in [-0.05, 0) is 6.42 Å². The quantitative estimate of drug-likeness (QED) is 0.585. The van der Waals surface area contributed by atoms with Crippen LogP contribution in [0.3, 0.4) is 0 Å².